The van der Waals surface area contributed by atoms with Gasteiger partial charge in [0.1, 0.15) is 5.82 Å². The largest absolute Gasteiger partial charge is 0.357 e. The van der Waals surface area contributed by atoms with Gasteiger partial charge in [0.25, 0.3) is 0 Å². The fraction of sp³-hybridized carbons (Fsp3) is 0.524. The molecule has 170 valence electrons. The summed E-state index contributed by atoms with van der Waals surface area (Å²) < 4.78 is 1.90. The van der Waals surface area contributed by atoms with E-state index in [1.165, 1.54) is 0 Å². The molecule has 1 amide bonds. The van der Waals surface area contributed by atoms with Crippen molar-refractivity contribution in [1.82, 2.24) is 30.3 Å². The van der Waals surface area contributed by atoms with Crippen molar-refractivity contribution >= 4 is 41.7 Å². The second-order valence-electron chi connectivity index (χ2n) is 7.12. The normalized spacial score (nSPS) is 14.2. The summed E-state index contributed by atoms with van der Waals surface area (Å²) >= 11 is 0. The summed E-state index contributed by atoms with van der Waals surface area (Å²) in [6, 6.07) is 7.84. The first-order chi connectivity index (χ1) is 14.8. The van der Waals surface area contributed by atoms with E-state index in [0.29, 0.717) is 19.5 Å². The maximum Gasteiger partial charge on any atom is 0.224 e. The number of pyridine rings is 1. The molecule has 0 saturated carbocycles. The summed E-state index contributed by atoms with van der Waals surface area (Å²) in [7, 11) is 0. The van der Waals surface area contributed by atoms with Crippen LogP contribution in [0.15, 0.2) is 47.8 Å². The molecule has 9 nitrogen and oxygen atoms in total. The fourth-order valence-corrected chi connectivity index (χ4v) is 3.37. The van der Waals surface area contributed by atoms with Gasteiger partial charge in [-0.05, 0) is 31.5 Å². The van der Waals surface area contributed by atoms with E-state index in [2.05, 4.69) is 30.6 Å². The summed E-state index contributed by atoms with van der Waals surface area (Å²) in [5.41, 5.74) is 0. The third-order valence-corrected chi connectivity index (χ3v) is 4.96. The van der Waals surface area contributed by atoms with E-state index in [9.17, 15) is 4.79 Å². The van der Waals surface area contributed by atoms with Gasteiger partial charge in [0.2, 0.25) is 5.91 Å². The van der Waals surface area contributed by atoms with Gasteiger partial charge in [-0.25, -0.2) is 4.98 Å². The third kappa shape index (κ3) is 8.35. The van der Waals surface area contributed by atoms with Gasteiger partial charge in [-0.1, -0.05) is 6.07 Å². The summed E-state index contributed by atoms with van der Waals surface area (Å²) in [5, 5.41) is 10.7. The Labute approximate surface area is 201 Å². The second kappa shape index (κ2) is 13.8. The first-order valence-electron chi connectivity index (χ1n) is 10.7. The zero-order chi connectivity index (χ0) is 21.0. The lowest BCUT2D eigenvalue weighted by atomic mass is 10.2. The number of guanidine groups is 1. The van der Waals surface area contributed by atoms with E-state index in [1.807, 2.05) is 47.0 Å². The number of halogens is 1. The van der Waals surface area contributed by atoms with Crippen molar-refractivity contribution in [2.75, 3.05) is 50.7 Å². The van der Waals surface area contributed by atoms with E-state index >= 15 is 0 Å². The number of carbonyl (C=O) groups excluding carboxylic acids is 1. The van der Waals surface area contributed by atoms with Crippen LogP contribution in [0.4, 0.5) is 5.82 Å². The van der Waals surface area contributed by atoms with Gasteiger partial charge in [0, 0.05) is 77.4 Å². The Kier molecular flexibility index (Phi) is 11.1. The first kappa shape index (κ1) is 24.9. The van der Waals surface area contributed by atoms with Crippen molar-refractivity contribution in [3.8, 4) is 0 Å². The molecule has 31 heavy (non-hydrogen) atoms. The van der Waals surface area contributed by atoms with Gasteiger partial charge in [-0.15, -0.1) is 24.0 Å². The Morgan fingerprint density at radius 1 is 1.13 bits per heavy atom. The minimum Gasteiger partial charge on any atom is -0.357 e. The Hall–Kier alpha value is -2.37. The minimum absolute atomic E-state index is 0. The zero-order valence-electron chi connectivity index (χ0n) is 18.1. The number of rotatable bonds is 9. The fourth-order valence-electron chi connectivity index (χ4n) is 3.37. The van der Waals surface area contributed by atoms with E-state index in [4.69, 9.17) is 0 Å². The molecule has 0 unspecified atom stereocenters. The van der Waals surface area contributed by atoms with Gasteiger partial charge in [-0.3, -0.25) is 14.5 Å². The van der Waals surface area contributed by atoms with Crippen LogP contribution in [0.1, 0.15) is 19.8 Å². The lowest BCUT2D eigenvalue weighted by molar-refractivity contribution is -0.131. The van der Waals surface area contributed by atoms with Crippen LogP contribution >= 0.6 is 24.0 Å². The molecule has 1 aliphatic heterocycles. The van der Waals surface area contributed by atoms with Crippen LogP contribution in [0.25, 0.3) is 0 Å². The topological polar surface area (TPSA) is 90.7 Å². The maximum atomic E-state index is 12.6. The number of aromatic nitrogens is 3. The van der Waals surface area contributed by atoms with Gasteiger partial charge in [-0.2, -0.15) is 5.10 Å². The minimum atomic E-state index is 0. The highest BCUT2D eigenvalue weighted by Crippen LogP contribution is 2.12. The predicted molar refractivity (Wildman–Crippen MR) is 134 cm³/mol. The van der Waals surface area contributed by atoms with E-state index in [0.717, 1.165) is 57.5 Å². The van der Waals surface area contributed by atoms with Crippen LogP contribution in [-0.4, -0.2) is 77.3 Å². The molecular formula is C21H33IN8O. The Balaban J connectivity index is 0.00000341. The van der Waals surface area contributed by atoms with E-state index < -0.39 is 0 Å². The van der Waals surface area contributed by atoms with Crippen LogP contribution in [0.5, 0.6) is 0 Å². The SMILES string of the molecule is CCNC(=NCCCn1cccn1)NCCC(=O)N1CCN(c2ccccn2)CC1.I. The molecule has 0 aromatic carbocycles. The Morgan fingerprint density at radius 3 is 2.65 bits per heavy atom. The second-order valence-corrected chi connectivity index (χ2v) is 7.12. The number of nitrogens with one attached hydrogen (secondary N) is 2. The van der Waals surface area contributed by atoms with Crippen LogP contribution in [0, 0.1) is 0 Å². The van der Waals surface area contributed by atoms with Gasteiger partial charge >= 0.3 is 0 Å². The zero-order valence-corrected chi connectivity index (χ0v) is 20.4. The molecule has 0 spiro atoms. The van der Waals surface area contributed by atoms with Crippen LogP contribution in [0.2, 0.25) is 0 Å². The van der Waals surface area contributed by atoms with Crippen molar-refractivity contribution in [1.29, 1.82) is 0 Å². The smallest absolute Gasteiger partial charge is 0.224 e. The van der Waals surface area contributed by atoms with Gasteiger partial charge in [0.15, 0.2) is 5.96 Å². The molecule has 0 atom stereocenters. The molecule has 2 aromatic rings. The first-order valence-corrected chi connectivity index (χ1v) is 10.7. The van der Waals surface area contributed by atoms with Crippen molar-refractivity contribution in [2.24, 2.45) is 4.99 Å². The van der Waals surface area contributed by atoms with Crippen molar-refractivity contribution in [3.63, 3.8) is 0 Å². The molecule has 3 rings (SSSR count). The molecule has 1 fully saturated rings. The predicted octanol–water partition coefficient (Wildman–Crippen LogP) is 1.58. The quantitative estimate of drug-likeness (QED) is 0.217. The molecule has 10 heteroatoms. The number of hydrogen-bond acceptors (Lipinski definition) is 5. The van der Waals surface area contributed by atoms with Crippen LogP contribution in [0.3, 0.4) is 0 Å². The number of amides is 1. The number of nitrogens with zero attached hydrogens (tertiary/aromatic N) is 6. The van der Waals surface area contributed by atoms with Gasteiger partial charge < -0.3 is 20.4 Å². The molecule has 2 N–H and O–H groups in total. The number of piperazine rings is 1. The van der Waals surface area contributed by atoms with Crippen molar-refractivity contribution < 1.29 is 4.79 Å². The van der Waals surface area contributed by atoms with Crippen LogP contribution in [-0.2, 0) is 11.3 Å². The average molecular weight is 540 g/mol. The standard InChI is InChI=1S/C21H32N8O.HI/c1-2-22-21(24-10-5-13-29-14-6-11-26-29)25-12-8-20(30)28-17-15-27(16-18-28)19-7-3-4-9-23-19;/h3-4,6-7,9,11,14H,2,5,8,10,12-13,15-18H2,1H3,(H2,22,24,25);1H. The van der Waals surface area contributed by atoms with Gasteiger partial charge in [0.05, 0.1) is 0 Å². The number of anilines is 1. The Morgan fingerprint density at radius 2 is 1.97 bits per heavy atom. The highest BCUT2D eigenvalue weighted by molar-refractivity contribution is 14.0. The monoisotopic (exact) mass is 540 g/mol. The van der Waals surface area contributed by atoms with Crippen molar-refractivity contribution in [3.05, 3.63) is 42.9 Å². The molecule has 2 aromatic heterocycles. The van der Waals surface area contributed by atoms with E-state index in [1.54, 1.807) is 12.4 Å². The molecule has 0 aliphatic carbocycles. The number of aryl methyl sites for hydroxylation is 1. The maximum absolute atomic E-state index is 12.6. The molecule has 1 aliphatic rings. The summed E-state index contributed by atoms with van der Waals surface area (Å²) in [6.07, 6.45) is 6.91. The summed E-state index contributed by atoms with van der Waals surface area (Å²) in [5.74, 6) is 1.91. The highest BCUT2D eigenvalue weighted by atomic mass is 127. The molecule has 1 saturated heterocycles. The lowest BCUT2D eigenvalue weighted by Crippen LogP contribution is -2.49. The lowest BCUT2D eigenvalue weighted by Gasteiger charge is -2.35. The third-order valence-electron chi connectivity index (χ3n) is 4.96. The number of carbonyl (C=O) groups is 1. The van der Waals surface area contributed by atoms with E-state index in [-0.39, 0.29) is 29.9 Å². The highest BCUT2D eigenvalue weighted by Gasteiger charge is 2.21. The summed E-state index contributed by atoms with van der Waals surface area (Å²) in [6.45, 7) is 8.05. The van der Waals surface area contributed by atoms with Crippen LogP contribution < -0.4 is 15.5 Å². The van der Waals surface area contributed by atoms with Crippen molar-refractivity contribution in [2.45, 2.75) is 26.3 Å². The summed E-state index contributed by atoms with van der Waals surface area (Å²) in [4.78, 5) is 25.7. The molecule has 3 heterocycles. The number of aliphatic imine (C=N–C) groups is 1. The molecule has 0 bridgehead atoms. The molecular weight excluding hydrogens is 507 g/mol. The average Bonchev–Trinajstić information content (AvgIpc) is 3.31. The molecule has 0 radical (unpaired) electrons. The number of hydrogen-bond donors (Lipinski definition) is 2. The Bertz CT molecular complexity index is 776.